The fourth-order valence-electron chi connectivity index (χ4n) is 2.31. The van der Waals surface area contributed by atoms with Crippen molar-refractivity contribution in [1.82, 2.24) is 19.9 Å². The lowest BCUT2D eigenvalue weighted by Gasteiger charge is -2.17. The molecule has 0 aromatic carbocycles. The van der Waals surface area contributed by atoms with Gasteiger partial charge in [0.15, 0.2) is 5.56 Å². The zero-order valence-electron chi connectivity index (χ0n) is 15.1. The summed E-state index contributed by atoms with van der Waals surface area (Å²) in [6.07, 6.45) is 6.59. The van der Waals surface area contributed by atoms with Gasteiger partial charge in [0.2, 0.25) is 0 Å². The zero-order chi connectivity index (χ0) is 19.6. The van der Waals surface area contributed by atoms with Crippen LogP contribution in [0.3, 0.4) is 0 Å². The van der Waals surface area contributed by atoms with Crippen LogP contribution in [0.1, 0.15) is 47.5 Å². The van der Waals surface area contributed by atoms with E-state index in [0.29, 0.717) is 5.82 Å². The average molecular weight is 382 g/mol. The van der Waals surface area contributed by atoms with Gasteiger partial charge < -0.3 is 10.1 Å². The first-order valence-electron chi connectivity index (χ1n) is 8.19. The summed E-state index contributed by atoms with van der Waals surface area (Å²) in [5, 5.41) is 10.1. The van der Waals surface area contributed by atoms with Crippen LogP contribution in [0, 0.1) is 0 Å². The van der Waals surface area contributed by atoms with E-state index >= 15 is 0 Å². The Morgan fingerprint density at radius 1 is 1.22 bits per heavy atom. The predicted octanol–water partition coefficient (Wildman–Crippen LogP) is 3.45. The van der Waals surface area contributed by atoms with Gasteiger partial charge >= 0.3 is 5.97 Å². The molecule has 0 aliphatic heterocycles. The van der Waals surface area contributed by atoms with Crippen LogP contribution in [0.2, 0.25) is 0 Å². The second-order valence-corrected chi connectivity index (χ2v) is 7.91. The highest BCUT2D eigenvalue weighted by Gasteiger charge is 2.22. The molecule has 138 valence electrons. The Bertz CT molecular complexity index is 1060. The SMILES string of the molecule is CC(C)(C)c1nc(/C=C/c2cnc(-c3ccccn3)s2)c(C(=O)O)c(=O)[nH]1. The average Bonchev–Trinajstić information content (AvgIpc) is 3.08. The first-order valence-corrected chi connectivity index (χ1v) is 9.01. The molecule has 8 heteroatoms. The fourth-order valence-corrected chi connectivity index (χ4v) is 3.10. The highest BCUT2D eigenvalue weighted by molar-refractivity contribution is 7.15. The van der Waals surface area contributed by atoms with Crippen LogP contribution in [-0.4, -0.2) is 31.0 Å². The van der Waals surface area contributed by atoms with E-state index in [9.17, 15) is 14.7 Å². The van der Waals surface area contributed by atoms with E-state index in [0.717, 1.165) is 15.6 Å². The van der Waals surface area contributed by atoms with Gasteiger partial charge in [-0.1, -0.05) is 26.8 Å². The summed E-state index contributed by atoms with van der Waals surface area (Å²) in [5.74, 6) is -0.891. The van der Waals surface area contributed by atoms with Gasteiger partial charge in [0, 0.05) is 22.7 Å². The summed E-state index contributed by atoms with van der Waals surface area (Å²) < 4.78 is 0. The van der Waals surface area contributed by atoms with Gasteiger partial charge in [-0.25, -0.2) is 14.8 Å². The molecule has 0 radical (unpaired) electrons. The van der Waals surface area contributed by atoms with E-state index in [-0.39, 0.29) is 11.3 Å². The molecule has 0 amide bonds. The summed E-state index contributed by atoms with van der Waals surface area (Å²) in [6, 6.07) is 5.58. The number of nitrogens with zero attached hydrogens (tertiary/aromatic N) is 3. The van der Waals surface area contributed by atoms with Gasteiger partial charge in [-0.3, -0.25) is 9.78 Å². The molecule has 0 fully saturated rings. The molecule has 0 saturated carbocycles. The molecular weight excluding hydrogens is 364 g/mol. The topological polar surface area (TPSA) is 109 Å². The number of aromatic nitrogens is 4. The third-order valence-electron chi connectivity index (χ3n) is 3.68. The van der Waals surface area contributed by atoms with Gasteiger partial charge in [0.1, 0.15) is 10.8 Å². The van der Waals surface area contributed by atoms with Crippen LogP contribution in [-0.2, 0) is 5.41 Å². The summed E-state index contributed by atoms with van der Waals surface area (Å²) >= 11 is 1.41. The minimum Gasteiger partial charge on any atom is -0.477 e. The number of carbonyl (C=O) groups is 1. The van der Waals surface area contributed by atoms with Gasteiger partial charge in [0.05, 0.1) is 11.4 Å². The number of carboxylic acid groups (broad SMARTS) is 1. The maximum absolute atomic E-state index is 12.2. The van der Waals surface area contributed by atoms with Crippen molar-refractivity contribution in [2.24, 2.45) is 0 Å². The first kappa shape index (κ1) is 18.7. The summed E-state index contributed by atoms with van der Waals surface area (Å²) in [7, 11) is 0. The lowest BCUT2D eigenvalue weighted by atomic mass is 9.95. The smallest absolute Gasteiger partial charge is 0.343 e. The number of hydrogen-bond donors (Lipinski definition) is 2. The third kappa shape index (κ3) is 4.17. The Labute approximate surface area is 159 Å². The Morgan fingerprint density at radius 2 is 2.00 bits per heavy atom. The van der Waals surface area contributed by atoms with Crippen molar-refractivity contribution in [3.05, 3.63) is 62.9 Å². The Kier molecular flexibility index (Phi) is 5.00. The molecule has 0 spiro atoms. The van der Waals surface area contributed by atoms with Crippen molar-refractivity contribution in [1.29, 1.82) is 0 Å². The van der Waals surface area contributed by atoms with E-state index in [2.05, 4.69) is 19.9 Å². The number of pyridine rings is 1. The minimum atomic E-state index is -1.32. The minimum absolute atomic E-state index is 0.115. The molecule has 3 aromatic heterocycles. The van der Waals surface area contributed by atoms with Crippen LogP contribution >= 0.6 is 11.3 Å². The van der Waals surface area contributed by atoms with E-state index < -0.39 is 16.9 Å². The fraction of sp³-hybridized carbons (Fsp3) is 0.211. The number of rotatable bonds is 4. The van der Waals surface area contributed by atoms with Gasteiger partial charge in [0.25, 0.3) is 5.56 Å². The molecule has 27 heavy (non-hydrogen) atoms. The number of aromatic carboxylic acids is 1. The molecule has 3 heterocycles. The Morgan fingerprint density at radius 3 is 2.63 bits per heavy atom. The second-order valence-electron chi connectivity index (χ2n) is 6.85. The molecule has 2 N–H and O–H groups in total. The van der Waals surface area contributed by atoms with E-state index in [1.165, 1.54) is 17.4 Å². The standard InChI is InChI=1S/C19H18N4O3S/c1-19(2,3)18-22-12(14(17(25)26)15(24)23-18)8-7-11-10-21-16(27-11)13-6-4-5-9-20-13/h4-10H,1-3H3,(H,25,26)(H,22,23,24)/b8-7+. The molecule has 0 atom stereocenters. The van der Waals surface area contributed by atoms with Crippen molar-refractivity contribution < 1.29 is 9.90 Å². The molecular formula is C19H18N4O3S. The summed E-state index contributed by atoms with van der Waals surface area (Å²) in [6.45, 7) is 5.67. The Balaban J connectivity index is 1.99. The third-order valence-corrected chi connectivity index (χ3v) is 4.67. The number of hydrogen-bond acceptors (Lipinski definition) is 6. The quantitative estimate of drug-likeness (QED) is 0.715. The second kappa shape index (κ2) is 7.24. The zero-order valence-corrected chi connectivity index (χ0v) is 15.9. The normalized spacial score (nSPS) is 11.8. The number of aromatic amines is 1. The van der Waals surface area contributed by atoms with E-state index in [4.69, 9.17) is 0 Å². The molecule has 0 bridgehead atoms. The van der Waals surface area contributed by atoms with Gasteiger partial charge in [-0.2, -0.15) is 0 Å². The number of thiazole rings is 1. The van der Waals surface area contributed by atoms with Crippen molar-refractivity contribution in [2.75, 3.05) is 0 Å². The van der Waals surface area contributed by atoms with Crippen LogP contribution < -0.4 is 5.56 Å². The van der Waals surface area contributed by atoms with E-state index in [1.807, 2.05) is 39.0 Å². The summed E-state index contributed by atoms with van der Waals surface area (Å²) in [4.78, 5) is 40.0. The van der Waals surface area contributed by atoms with Crippen molar-refractivity contribution in [3.63, 3.8) is 0 Å². The highest BCUT2D eigenvalue weighted by atomic mass is 32.1. The molecule has 3 rings (SSSR count). The monoisotopic (exact) mass is 382 g/mol. The molecule has 3 aromatic rings. The van der Waals surface area contributed by atoms with Crippen LogP contribution in [0.4, 0.5) is 0 Å². The molecule has 7 nitrogen and oxygen atoms in total. The maximum atomic E-state index is 12.2. The lowest BCUT2D eigenvalue weighted by molar-refractivity contribution is 0.0694. The van der Waals surface area contributed by atoms with Crippen molar-refractivity contribution >= 4 is 29.5 Å². The van der Waals surface area contributed by atoms with Crippen LogP contribution in [0.25, 0.3) is 22.9 Å². The molecule has 0 aliphatic carbocycles. The van der Waals surface area contributed by atoms with Crippen molar-refractivity contribution in [3.8, 4) is 10.7 Å². The van der Waals surface area contributed by atoms with E-state index in [1.54, 1.807) is 18.5 Å². The molecule has 0 saturated heterocycles. The highest BCUT2D eigenvalue weighted by Crippen LogP contribution is 2.25. The Hall–Kier alpha value is -3.13. The first-order chi connectivity index (χ1) is 12.8. The molecule has 0 unspecified atom stereocenters. The number of carboxylic acids is 1. The van der Waals surface area contributed by atoms with Crippen LogP contribution in [0.15, 0.2) is 35.4 Å². The maximum Gasteiger partial charge on any atom is 0.343 e. The van der Waals surface area contributed by atoms with Crippen LogP contribution in [0.5, 0.6) is 0 Å². The summed E-state index contributed by atoms with van der Waals surface area (Å²) in [5.41, 5.74) is -0.592. The lowest BCUT2D eigenvalue weighted by Crippen LogP contribution is -2.27. The van der Waals surface area contributed by atoms with Gasteiger partial charge in [-0.05, 0) is 24.3 Å². The largest absolute Gasteiger partial charge is 0.477 e. The number of H-pyrrole nitrogens is 1. The number of nitrogens with one attached hydrogen (secondary N) is 1. The van der Waals surface area contributed by atoms with Gasteiger partial charge in [-0.15, -0.1) is 11.3 Å². The predicted molar refractivity (Wildman–Crippen MR) is 105 cm³/mol. The van der Waals surface area contributed by atoms with Crippen molar-refractivity contribution in [2.45, 2.75) is 26.2 Å². The molecule has 0 aliphatic rings.